The first kappa shape index (κ1) is 13.1. The van der Waals surface area contributed by atoms with Crippen LogP contribution in [0.2, 0.25) is 0 Å². The van der Waals surface area contributed by atoms with Gasteiger partial charge in [-0.1, -0.05) is 11.2 Å². The summed E-state index contributed by atoms with van der Waals surface area (Å²) in [5.74, 6) is 3.05. The first-order valence-corrected chi connectivity index (χ1v) is 7.34. The molecule has 0 spiro atoms. The summed E-state index contributed by atoms with van der Waals surface area (Å²) >= 11 is 1.63. The van der Waals surface area contributed by atoms with Crippen molar-refractivity contribution >= 4 is 23.7 Å². The van der Waals surface area contributed by atoms with Crippen molar-refractivity contribution in [1.29, 1.82) is 0 Å². The summed E-state index contributed by atoms with van der Waals surface area (Å²) in [5, 5.41) is 6.11. The van der Waals surface area contributed by atoms with Crippen LogP contribution in [-0.2, 0) is 0 Å². The fourth-order valence-electron chi connectivity index (χ4n) is 3.58. The Balaban J connectivity index is 0.00000110. The number of fused-ring (bicyclic) bond motifs is 2. The third-order valence-electron chi connectivity index (χ3n) is 4.45. The molecule has 0 amide bonds. The van der Waals surface area contributed by atoms with Gasteiger partial charge in [-0.05, 0) is 42.5 Å². The Morgan fingerprint density at radius 2 is 2.16 bits per heavy atom. The summed E-state index contributed by atoms with van der Waals surface area (Å²) in [6, 6.07) is 4.22. The highest BCUT2D eigenvalue weighted by Crippen LogP contribution is 2.51. The second-order valence-corrected chi connectivity index (χ2v) is 6.32. The lowest BCUT2D eigenvalue weighted by molar-refractivity contribution is 0.279. The standard InChI is InChI=1S/C13H15N3OS.ClH/c14-11-8-4-3-7(6-8)10(11)13-15-12(16-17-13)9-2-1-5-18-9;/h1-2,5,7-8,10-11H,3-4,6,14H2;1H. The molecule has 0 aromatic carbocycles. The van der Waals surface area contributed by atoms with Gasteiger partial charge in [0.25, 0.3) is 0 Å². The number of nitrogens with zero attached hydrogens (tertiary/aromatic N) is 2. The summed E-state index contributed by atoms with van der Waals surface area (Å²) in [4.78, 5) is 5.61. The summed E-state index contributed by atoms with van der Waals surface area (Å²) in [7, 11) is 0. The van der Waals surface area contributed by atoms with Crippen LogP contribution in [0.5, 0.6) is 0 Å². The molecule has 2 aromatic rings. The van der Waals surface area contributed by atoms with E-state index in [-0.39, 0.29) is 24.4 Å². The SMILES string of the molecule is Cl.NC1C2CCC(C2)C1c1nc(-c2cccs2)no1. The lowest BCUT2D eigenvalue weighted by atomic mass is 9.85. The van der Waals surface area contributed by atoms with E-state index in [0.29, 0.717) is 17.7 Å². The van der Waals surface area contributed by atoms with E-state index in [2.05, 4.69) is 10.1 Å². The summed E-state index contributed by atoms with van der Waals surface area (Å²) in [6.07, 6.45) is 3.77. The van der Waals surface area contributed by atoms with Crippen LogP contribution >= 0.6 is 23.7 Å². The van der Waals surface area contributed by atoms with Gasteiger partial charge in [0.2, 0.25) is 11.7 Å². The molecule has 6 heteroatoms. The lowest BCUT2D eigenvalue weighted by Crippen LogP contribution is -2.34. The van der Waals surface area contributed by atoms with E-state index in [1.807, 2.05) is 17.5 Å². The normalized spacial score (nSPS) is 32.5. The van der Waals surface area contributed by atoms with Gasteiger partial charge >= 0.3 is 0 Å². The fourth-order valence-corrected chi connectivity index (χ4v) is 4.23. The van der Waals surface area contributed by atoms with Crippen molar-refractivity contribution in [1.82, 2.24) is 10.1 Å². The van der Waals surface area contributed by atoms with E-state index in [1.54, 1.807) is 11.3 Å². The van der Waals surface area contributed by atoms with E-state index in [1.165, 1.54) is 19.3 Å². The Morgan fingerprint density at radius 3 is 2.84 bits per heavy atom. The third kappa shape index (κ3) is 2.00. The Bertz CT molecular complexity index is 554. The first-order chi connectivity index (χ1) is 8.83. The van der Waals surface area contributed by atoms with Gasteiger partial charge in [-0.2, -0.15) is 4.98 Å². The Labute approximate surface area is 121 Å². The molecule has 4 atom stereocenters. The van der Waals surface area contributed by atoms with Gasteiger partial charge in [0, 0.05) is 6.04 Å². The van der Waals surface area contributed by atoms with Crippen molar-refractivity contribution in [3.8, 4) is 10.7 Å². The van der Waals surface area contributed by atoms with Crippen molar-refractivity contribution < 1.29 is 4.52 Å². The average molecular weight is 298 g/mol. The molecule has 2 aromatic heterocycles. The average Bonchev–Trinajstić information content (AvgIpc) is 3.13. The smallest absolute Gasteiger partial charge is 0.231 e. The van der Waals surface area contributed by atoms with Gasteiger partial charge in [-0.3, -0.25) is 0 Å². The summed E-state index contributed by atoms with van der Waals surface area (Å²) < 4.78 is 5.46. The molecule has 2 fully saturated rings. The number of thiophene rings is 1. The zero-order valence-electron chi connectivity index (χ0n) is 10.4. The molecule has 102 valence electrons. The molecule has 2 saturated carbocycles. The van der Waals surface area contributed by atoms with Crippen LogP contribution < -0.4 is 5.73 Å². The number of hydrogen-bond donors (Lipinski definition) is 1. The molecule has 4 unspecified atom stereocenters. The van der Waals surface area contributed by atoms with Crippen LogP contribution in [0.25, 0.3) is 10.7 Å². The van der Waals surface area contributed by atoms with Crippen LogP contribution in [0, 0.1) is 11.8 Å². The van der Waals surface area contributed by atoms with Crippen LogP contribution in [-0.4, -0.2) is 16.2 Å². The predicted molar refractivity (Wildman–Crippen MR) is 76.4 cm³/mol. The minimum atomic E-state index is 0. The molecule has 2 heterocycles. The van der Waals surface area contributed by atoms with Crippen molar-refractivity contribution in [2.24, 2.45) is 17.6 Å². The zero-order valence-corrected chi connectivity index (χ0v) is 12.0. The van der Waals surface area contributed by atoms with Crippen LogP contribution in [0.1, 0.15) is 31.1 Å². The Morgan fingerprint density at radius 1 is 1.32 bits per heavy atom. The molecular weight excluding hydrogens is 282 g/mol. The fraction of sp³-hybridized carbons (Fsp3) is 0.538. The highest BCUT2D eigenvalue weighted by Gasteiger charge is 2.48. The van der Waals surface area contributed by atoms with E-state index in [0.717, 1.165) is 10.8 Å². The number of aromatic nitrogens is 2. The molecule has 4 rings (SSSR count). The van der Waals surface area contributed by atoms with Crippen molar-refractivity contribution in [2.75, 3.05) is 0 Å². The zero-order chi connectivity index (χ0) is 12.1. The first-order valence-electron chi connectivity index (χ1n) is 6.46. The van der Waals surface area contributed by atoms with Crippen LogP contribution in [0.15, 0.2) is 22.0 Å². The second-order valence-electron chi connectivity index (χ2n) is 5.37. The third-order valence-corrected chi connectivity index (χ3v) is 5.31. The lowest BCUT2D eigenvalue weighted by Gasteiger charge is -2.24. The van der Waals surface area contributed by atoms with Crippen LogP contribution in [0.3, 0.4) is 0 Å². The molecule has 4 nitrogen and oxygen atoms in total. The maximum Gasteiger partial charge on any atom is 0.231 e. The maximum absolute atomic E-state index is 6.30. The van der Waals surface area contributed by atoms with Crippen molar-refractivity contribution in [3.05, 3.63) is 23.4 Å². The highest BCUT2D eigenvalue weighted by molar-refractivity contribution is 7.13. The van der Waals surface area contributed by atoms with Crippen molar-refractivity contribution in [3.63, 3.8) is 0 Å². The second kappa shape index (κ2) is 4.89. The monoisotopic (exact) mass is 297 g/mol. The van der Waals surface area contributed by atoms with Gasteiger partial charge < -0.3 is 10.3 Å². The molecule has 2 N–H and O–H groups in total. The molecule has 2 aliphatic rings. The molecule has 0 aliphatic heterocycles. The van der Waals surface area contributed by atoms with Gasteiger partial charge in [0.1, 0.15) is 0 Å². The van der Waals surface area contributed by atoms with E-state index in [4.69, 9.17) is 10.3 Å². The highest BCUT2D eigenvalue weighted by atomic mass is 35.5. The number of rotatable bonds is 2. The predicted octanol–water partition coefficient (Wildman–Crippen LogP) is 3.06. The summed E-state index contributed by atoms with van der Waals surface area (Å²) in [6.45, 7) is 0. The van der Waals surface area contributed by atoms with Gasteiger partial charge in [0.15, 0.2) is 0 Å². The van der Waals surface area contributed by atoms with Gasteiger partial charge in [-0.15, -0.1) is 23.7 Å². The van der Waals surface area contributed by atoms with E-state index in [9.17, 15) is 0 Å². The molecular formula is C13H16ClN3OS. The van der Waals surface area contributed by atoms with Gasteiger partial charge in [0.05, 0.1) is 10.8 Å². The maximum atomic E-state index is 6.30. The van der Waals surface area contributed by atoms with Crippen molar-refractivity contribution in [2.45, 2.75) is 31.2 Å². The number of halogens is 1. The molecule has 0 saturated heterocycles. The summed E-state index contributed by atoms with van der Waals surface area (Å²) in [5.41, 5.74) is 6.30. The molecule has 2 aliphatic carbocycles. The molecule has 0 radical (unpaired) electrons. The largest absolute Gasteiger partial charge is 0.339 e. The molecule has 2 bridgehead atoms. The quantitative estimate of drug-likeness (QED) is 0.925. The van der Waals surface area contributed by atoms with E-state index >= 15 is 0 Å². The Hall–Kier alpha value is -0.910. The van der Waals surface area contributed by atoms with E-state index < -0.39 is 0 Å². The number of hydrogen-bond acceptors (Lipinski definition) is 5. The number of nitrogens with two attached hydrogens (primary N) is 1. The van der Waals surface area contributed by atoms with Crippen LogP contribution in [0.4, 0.5) is 0 Å². The minimum absolute atomic E-state index is 0. The van der Waals surface area contributed by atoms with Gasteiger partial charge in [-0.25, -0.2) is 0 Å². The molecule has 19 heavy (non-hydrogen) atoms. The Kier molecular flexibility index (Phi) is 3.37. The minimum Gasteiger partial charge on any atom is -0.339 e. The topological polar surface area (TPSA) is 64.9 Å².